The van der Waals surface area contributed by atoms with Crippen molar-refractivity contribution in [3.8, 4) is 12.1 Å². The minimum atomic E-state index is -6.74. The van der Waals surface area contributed by atoms with Crippen molar-refractivity contribution in [3.05, 3.63) is 93.8 Å². The topological polar surface area (TPSA) is 88.2 Å². The SMILES string of the molecule is CN(C(=O)c1cc(C#N)cc(C#N)c1)c1cccc(C(=O)N(Br)c2ccc(C(F)(C(F)(F)F)C(F)(F)F)cc2C(F)(F)F)c1F. The second-order valence-corrected chi connectivity index (χ2v) is 9.70. The van der Waals surface area contributed by atoms with Gasteiger partial charge in [-0.15, -0.1) is 0 Å². The van der Waals surface area contributed by atoms with Gasteiger partial charge in [0.2, 0.25) is 0 Å². The number of benzene rings is 3. The molecule has 0 spiro atoms. The van der Waals surface area contributed by atoms with Gasteiger partial charge in [0.15, 0.2) is 5.82 Å². The van der Waals surface area contributed by atoms with Crippen LogP contribution in [0.15, 0.2) is 54.6 Å². The van der Waals surface area contributed by atoms with Gasteiger partial charge in [0.1, 0.15) is 0 Å². The Hall–Kier alpha value is -4.71. The molecule has 0 fully saturated rings. The van der Waals surface area contributed by atoms with Crippen LogP contribution in [0.3, 0.4) is 0 Å². The van der Waals surface area contributed by atoms with Gasteiger partial charge < -0.3 is 4.90 Å². The molecule has 0 N–H and O–H groups in total. The lowest BCUT2D eigenvalue weighted by Gasteiger charge is -2.31. The largest absolute Gasteiger partial charge is 0.435 e. The van der Waals surface area contributed by atoms with Gasteiger partial charge in [-0.2, -0.15) is 50.0 Å². The van der Waals surface area contributed by atoms with Crippen molar-refractivity contribution in [2.75, 3.05) is 15.9 Å². The van der Waals surface area contributed by atoms with Gasteiger partial charge in [-0.1, -0.05) is 12.1 Å². The molecular formula is C27H12BrF11N4O2. The number of carbonyl (C=O) groups is 2. The molecule has 3 aromatic rings. The Labute approximate surface area is 253 Å². The van der Waals surface area contributed by atoms with Crippen molar-refractivity contribution < 1.29 is 57.9 Å². The Bertz CT molecular complexity index is 1710. The first-order valence-corrected chi connectivity index (χ1v) is 12.4. The molecule has 2 amide bonds. The van der Waals surface area contributed by atoms with E-state index in [1.807, 2.05) is 0 Å². The lowest BCUT2D eigenvalue weighted by molar-refractivity contribution is -0.348. The number of halogens is 12. The Morgan fingerprint density at radius 3 is 1.76 bits per heavy atom. The van der Waals surface area contributed by atoms with Crippen LogP contribution in [0, 0.1) is 28.5 Å². The van der Waals surface area contributed by atoms with E-state index in [0.717, 1.165) is 43.4 Å². The number of nitrogens with zero attached hydrogens (tertiary/aromatic N) is 4. The van der Waals surface area contributed by atoms with E-state index in [-0.39, 0.29) is 32.7 Å². The van der Waals surface area contributed by atoms with Crippen LogP contribution < -0.4 is 8.83 Å². The molecule has 18 heteroatoms. The number of anilines is 2. The van der Waals surface area contributed by atoms with E-state index in [1.165, 1.54) is 0 Å². The summed E-state index contributed by atoms with van der Waals surface area (Å²) in [7, 11) is 1.01. The zero-order valence-electron chi connectivity index (χ0n) is 21.8. The summed E-state index contributed by atoms with van der Waals surface area (Å²) in [6.07, 6.45) is -19.2. The van der Waals surface area contributed by atoms with Crippen LogP contribution in [0.25, 0.3) is 0 Å². The molecule has 0 unspecified atom stereocenters. The average molecular weight is 713 g/mol. The highest BCUT2D eigenvalue weighted by Crippen LogP contribution is 2.54. The van der Waals surface area contributed by atoms with E-state index >= 15 is 4.39 Å². The maximum absolute atomic E-state index is 15.5. The van der Waals surface area contributed by atoms with Gasteiger partial charge in [-0.25, -0.2) is 12.7 Å². The van der Waals surface area contributed by atoms with Crippen molar-refractivity contribution in [2.24, 2.45) is 0 Å². The molecule has 0 bridgehead atoms. The number of amides is 2. The van der Waals surface area contributed by atoms with Crippen molar-refractivity contribution in [3.63, 3.8) is 0 Å². The summed E-state index contributed by atoms with van der Waals surface area (Å²) in [5, 5.41) is 18.2. The lowest BCUT2D eigenvalue weighted by atomic mass is 9.92. The van der Waals surface area contributed by atoms with Gasteiger partial charge in [0, 0.05) is 18.2 Å². The van der Waals surface area contributed by atoms with Crippen LogP contribution in [0.5, 0.6) is 0 Å². The van der Waals surface area contributed by atoms with Crippen molar-refractivity contribution in [1.82, 2.24) is 0 Å². The fourth-order valence-corrected chi connectivity index (χ4v) is 4.48. The molecule has 0 aliphatic carbocycles. The third kappa shape index (κ3) is 6.41. The number of carbonyl (C=O) groups excluding carboxylic acids is 2. The van der Waals surface area contributed by atoms with E-state index in [1.54, 1.807) is 12.1 Å². The number of alkyl halides is 10. The van der Waals surface area contributed by atoms with Crippen LogP contribution in [-0.2, 0) is 11.8 Å². The smallest absolute Gasteiger partial charge is 0.309 e. The summed E-state index contributed by atoms with van der Waals surface area (Å²) in [6, 6.07) is 8.32. The first kappa shape index (κ1) is 34.8. The lowest BCUT2D eigenvalue weighted by Crippen LogP contribution is -2.50. The third-order valence-electron chi connectivity index (χ3n) is 6.18. The van der Waals surface area contributed by atoms with Crippen LogP contribution in [-0.4, -0.2) is 31.2 Å². The maximum Gasteiger partial charge on any atom is 0.435 e. The Kier molecular flexibility index (Phi) is 9.27. The van der Waals surface area contributed by atoms with E-state index in [2.05, 4.69) is 16.1 Å². The fourth-order valence-electron chi connectivity index (χ4n) is 3.98. The van der Waals surface area contributed by atoms with E-state index < -0.39 is 76.0 Å². The van der Waals surface area contributed by atoms with Crippen molar-refractivity contribution >= 4 is 39.3 Å². The molecule has 0 aliphatic rings. The number of hydrogen-bond acceptors (Lipinski definition) is 4. The molecule has 0 saturated carbocycles. The molecule has 3 aromatic carbocycles. The number of rotatable bonds is 5. The van der Waals surface area contributed by atoms with E-state index in [4.69, 9.17) is 10.5 Å². The standard InChI is InChI=1S/C27H12BrF11N4O2/c1-42(22(44)15-8-13(11-40)7-14(9-15)12-41)20-4-2-3-17(21(20)29)23(45)43(28)19-6-5-16(10-18(19)25(31,32)33)24(30,26(34,35)36)27(37,38)39/h2-10H,1H3. The first-order chi connectivity index (χ1) is 20.6. The predicted molar refractivity (Wildman–Crippen MR) is 137 cm³/mol. The number of hydrogen-bond donors (Lipinski definition) is 0. The van der Waals surface area contributed by atoms with Gasteiger partial charge in [0.25, 0.3) is 11.8 Å². The average Bonchev–Trinajstić information content (AvgIpc) is 2.97. The molecule has 0 saturated heterocycles. The molecule has 236 valence electrons. The van der Waals surface area contributed by atoms with Crippen LogP contribution in [0.1, 0.15) is 43.0 Å². The molecule has 6 nitrogen and oxygen atoms in total. The highest BCUT2D eigenvalue weighted by atomic mass is 79.9. The zero-order valence-corrected chi connectivity index (χ0v) is 23.4. The predicted octanol–water partition coefficient (Wildman–Crippen LogP) is 8.11. The summed E-state index contributed by atoms with van der Waals surface area (Å²) in [5.74, 6) is -4.19. The van der Waals surface area contributed by atoms with E-state index in [9.17, 15) is 53.5 Å². The molecule has 0 atom stereocenters. The monoisotopic (exact) mass is 712 g/mol. The zero-order chi connectivity index (χ0) is 34.3. The van der Waals surface area contributed by atoms with Crippen LogP contribution in [0.2, 0.25) is 0 Å². The second kappa shape index (κ2) is 12.0. The maximum atomic E-state index is 15.5. The minimum Gasteiger partial charge on any atom is -0.309 e. The van der Waals surface area contributed by atoms with Gasteiger partial charge in [-0.3, -0.25) is 9.59 Å². The first-order valence-electron chi connectivity index (χ1n) is 11.7. The second-order valence-electron chi connectivity index (χ2n) is 9.00. The number of nitriles is 2. The van der Waals surface area contributed by atoms with E-state index in [0.29, 0.717) is 4.90 Å². The summed E-state index contributed by atoms with van der Waals surface area (Å²) in [6.45, 7) is 0. The van der Waals surface area contributed by atoms with Crippen molar-refractivity contribution in [2.45, 2.75) is 24.2 Å². The highest BCUT2D eigenvalue weighted by Gasteiger charge is 2.73. The summed E-state index contributed by atoms with van der Waals surface area (Å²) < 4.78 is 150. The van der Waals surface area contributed by atoms with Gasteiger partial charge in [0.05, 0.1) is 61.9 Å². The molecule has 3 rings (SSSR count). The molecule has 0 radical (unpaired) electrons. The van der Waals surface area contributed by atoms with Gasteiger partial charge >= 0.3 is 24.2 Å². The Morgan fingerprint density at radius 1 is 0.756 bits per heavy atom. The van der Waals surface area contributed by atoms with Crippen LogP contribution >= 0.6 is 16.1 Å². The highest BCUT2D eigenvalue weighted by molar-refractivity contribution is 9.10. The Balaban J connectivity index is 2.09. The quantitative estimate of drug-likeness (QED) is 0.198. The molecule has 0 heterocycles. The summed E-state index contributed by atoms with van der Waals surface area (Å²) >= 11 is 2.42. The molecule has 45 heavy (non-hydrogen) atoms. The molecule has 0 aromatic heterocycles. The summed E-state index contributed by atoms with van der Waals surface area (Å²) in [4.78, 5) is 26.7. The molecular weight excluding hydrogens is 701 g/mol. The van der Waals surface area contributed by atoms with Crippen LogP contribution in [0.4, 0.5) is 59.7 Å². The van der Waals surface area contributed by atoms with Gasteiger partial charge in [-0.05, 0) is 42.5 Å². The van der Waals surface area contributed by atoms with Crippen molar-refractivity contribution in [1.29, 1.82) is 10.5 Å². The normalized spacial score (nSPS) is 12.2. The minimum absolute atomic E-state index is 0.0526. The molecule has 0 aliphatic heterocycles. The summed E-state index contributed by atoms with van der Waals surface area (Å²) in [5.41, 5.74) is -14.6. The third-order valence-corrected chi connectivity index (χ3v) is 6.89. The fraction of sp³-hybridized carbons (Fsp3) is 0.185. The Morgan fingerprint density at radius 2 is 1.29 bits per heavy atom.